The van der Waals surface area contributed by atoms with Gasteiger partial charge in [-0.1, -0.05) is 66.2 Å². The number of esters is 1. The molecular formula is C21H18ClNO4S. The molecule has 0 radical (unpaired) electrons. The maximum atomic E-state index is 12.5. The molecule has 0 amide bonds. The van der Waals surface area contributed by atoms with Crippen molar-refractivity contribution in [1.82, 2.24) is 4.72 Å². The zero-order valence-electron chi connectivity index (χ0n) is 14.8. The molecule has 0 unspecified atom stereocenters. The molecule has 3 rings (SSSR count). The number of benzene rings is 3. The molecule has 0 aromatic heterocycles. The SMILES string of the molecule is O=C(OCc1ccccc1Cl)c1cccc(S(=O)(=O)NCc2ccccc2)c1. The van der Waals surface area contributed by atoms with Crippen LogP contribution in [0, 0.1) is 0 Å². The maximum Gasteiger partial charge on any atom is 0.338 e. The predicted octanol–water partition coefficient (Wildman–Crippen LogP) is 4.18. The second-order valence-electron chi connectivity index (χ2n) is 6.01. The van der Waals surface area contributed by atoms with E-state index in [-0.39, 0.29) is 23.6 Å². The smallest absolute Gasteiger partial charge is 0.338 e. The van der Waals surface area contributed by atoms with E-state index in [9.17, 15) is 13.2 Å². The zero-order chi connectivity index (χ0) is 20.0. The summed E-state index contributed by atoms with van der Waals surface area (Å²) >= 11 is 6.05. The molecule has 0 saturated heterocycles. The second kappa shape index (κ2) is 9.01. The highest BCUT2D eigenvalue weighted by atomic mass is 35.5. The molecule has 144 valence electrons. The Balaban J connectivity index is 1.68. The third kappa shape index (κ3) is 5.19. The molecule has 0 atom stereocenters. The van der Waals surface area contributed by atoms with Crippen molar-refractivity contribution in [3.05, 3.63) is 101 Å². The van der Waals surface area contributed by atoms with Gasteiger partial charge in [-0.2, -0.15) is 0 Å². The van der Waals surface area contributed by atoms with Crippen LogP contribution in [-0.2, 0) is 27.9 Å². The maximum absolute atomic E-state index is 12.5. The number of carbonyl (C=O) groups is 1. The van der Waals surface area contributed by atoms with Crippen LogP contribution in [0.5, 0.6) is 0 Å². The Hall–Kier alpha value is -2.67. The minimum Gasteiger partial charge on any atom is -0.457 e. The van der Waals surface area contributed by atoms with Gasteiger partial charge in [-0.3, -0.25) is 0 Å². The number of hydrogen-bond acceptors (Lipinski definition) is 4. The van der Waals surface area contributed by atoms with Gasteiger partial charge in [0.25, 0.3) is 0 Å². The first-order valence-electron chi connectivity index (χ1n) is 8.50. The summed E-state index contributed by atoms with van der Waals surface area (Å²) in [4.78, 5) is 12.3. The van der Waals surface area contributed by atoms with Gasteiger partial charge in [-0.15, -0.1) is 0 Å². The molecular weight excluding hydrogens is 398 g/mol. The van der Waals surface area contributed by atoms with Crippen LogP contribution in [0.3, 0.4) is 0 Å². The highest BCUT2D eigenvalue weighted by Gasteiger charge is 2.17. The van der Waals surface area contributed by atoms with E-state index in [1.165, 1.54) is 24.3 Å². The number of ether oxygens (including phenoxy) is 1. The van der Waals surface area contributed by atoms with Gasteiger partial charge in [0.15, 0.2) is 0 Å². The Morgan fingerprint density at radius 1 is 0.929 bits per heavy atom. The van der Waals surface area contributed by atoms with Crippen molar-refractivity contribution in [3.63, 3.8) is 0 Å². The highest BCUT2D eigenvalue weighted by Crippen LogP contribution is 2.18. The van der Waals surface area contributed by atoms with E-state index in [1.54, 1.807) is 24.3 Å². The molecule has 0 aliphatic rings. The summed E-state index contributed by atoms with van der Waals surface area (Å²) in [7, 11) is -3.77. The van der Waals surface area contributed by atoms with Gasteiger partial charge >= 0.3 is 5.97 Å². The average molecular weight is 416 g/mol. The van der Waals surface area contributed by atoms with E-state index >= 15 is 0 Å². The molecule has 0 aliphatic carbocycles. The van der Waals surface area contributed by atoms with Gasteiger partial charge in [-0.25, -0.2) is 17.9 Å². The van der Waals surface area contributed by atoms with Gasteiger partial charge < -0.3 is 4.74 Å². The first-order valence-corrected chi connectivity index (χ1v) is 10.4. The van der Waals surface area contributed by atoms with Crippen LogP contribution < -0.4 is 4.72 Å². The number of rotatable bonds is 7. The molecule has 0 heterocycles. The summed E-state index contributed by atoms with van der Waals surface area (Å²) < 4.78 is 32.8. The number of sulfonamides is 1. The monoisotopic (exact) mass is 415 g/mol. The summed E-state index contributed by atoms with van der Waals surface area (Å²) in [6, 6.07) is 21.9. The third-order valence-electron chi connectivity index (χ3n) is 4.01. The molecule has 3 aromatic rings. The summed E-state index contributed by atoms with van der Waals surface area (Å²) in [5.41, 5.74) is 1.65. The molecule has 3 aromatic carbocycles. The van der Waals surface area contributed by atoms with Crippen molar-refractivity contribution in [2.24, 2.45) is 0 Å². The molecule has 0 saturated carbocycles. The van der Waals surface area contributed by atoms with E-state index in [1.807, 2.05) is 30.3 Å². The summed E-state index contributed by atoms with van der Waals surface area (Å²) in [6.07, 6.45) is 0. The van der Waals surface area contributed by atoms with Crippen LogP contribution in [0.2, 0.25) is 5.02 Å². The Morgan fingerprint density at radius 2 is 1.64 bits per heavy atom. The van der Waals surface area contributed by atoms with Gasteiger partial charge in [-0.05, 0) is 29.8 Å². The number of halogens is 1. The quantitative estimate of drug-likeness (QED) is 0.587. The van der Waals surface area contributed by atoms with Crippen LogP contribution in [0.25, 0.3) is 0 Å². The lowest BCUT2D eigenvalue weighted by atomic mass is 10.2. The van der Waals surface area contributed by atoms with E-state index in [4.69, 9.17) is 16.3 Å². The Labute approximate surface area is 169 Å². The largest absolute Gasteiger partial charge is 0.457 e. The van der Waals surface area contributed by atoms with Crippen molar-refractivity contribution in [1.29, 1.82) is 0 Å². The highest BCUT2D eigenvalue weighted by molar-refractivity contribution is 7.89. The standard InChI is InChI=1S/C21H18ClNO4S/c22-20-12-5-4-9-18(20)15-27-21(24)17-10-6-11-19(13-17)28(25,26)23-14-16-7-2-1-3-8-16/h1-13,23H,14-15H2. The van der Waals surface area contributed by atoms with Crippen LogP contribution in [0.15, 0.2) is 83.8 Å². The predicted molar refractivity (Wildman–Crippen MR) is 107 cm³/mol. The molecule has 5 nitrogen and oxygen atoms in total. The van der Waals surface area contributed by atoms with Crippen LogP contribution in [0.1, 0.15) is 21.5 Å². The van der Waals surface area contributed by atoms with Crippen molar-refractivity contribution in [2.45, 2.75) is 18.0 Å². The van der Waals surface area contributed by atoms with Crippen molar-refractivity contribution < 1.29 is 17.9 Å². The number of carbonyl (C=O) groups excluding carboxylic acids is 1. The van der Waals surface area contributed by atoms with Crippen LogP contribution >= 0.6 is 11.6 Å². The van der Waals surface area contributed by atoms with E-state index in [0.717, 1.165) is 5.56 Å². The second-order valence-corrected chi connectivity index (χ2v) is 8.18. The molecule has 28 heavy (non-hydrogen) atoms. The number of nitrogens with one attached hydrogen (secondary N) is 1. The van der Waals surface area contributed by atoms with Gasteiger partial charge in [0.2, 0.25) is 10.0 Å². The zero-order valence-corrected chi connectivity index (χ0v) is 16.4. The molecule has 0 fully saturated rings. The van der Waals surface area contributed by atoms with Crippen molar-refractivity contribution in [3.8, 4) is 0 Å². The minimum absolute atomic E-state index is 0.00173. The molecule has 0 aliphatic heterocycles. The molecule has 0 bridgehead atoms. The fourth-order valence-corrected chi connectivity index (χ4v) is 3.74. The van der Waals surface area contributed by atoms with Gasteiger partial charge in [0.05, 0.1) is 10.5 Å². The van der Waals surface area contributed by atoms with Crippen LogP contribution in [-0.4, -0.2) is 14.4 Å². The van der Waals surface area contributed by atoms with Gasteiger partial charge in [0.1, 0.15) is 6.61 Å². The fourth-order valence-electron chi connectivity index (χ4n) is 2.49. The Kier molecular flexibility index (Phi) is 6.46. The first-order chi connectivity index (χ1) is 13.5. The lowest BCUT2D eigenvalue weighted by Gasteiger charge is -2.09. The Bertz CT molecular complexity index is 1070. The van der Waals surface area contributed by atoms with Crippen molar-refractivity contribution in [2.75, 3.05) is 0 Å². The third-order valence-corrected chi connectivity index (χ3v) is 5.77. The Morgan fingerprint density at radius 3 is 2.39 bits per heavy atom. The summed E-state index contributed by atoms with van der Waals surface area (Å²) in [6.45, 7) is 0.159. The van der Waals surface area contributed by atoms with E-state index < -0.39 is 16.0 Å². The van der Waals surface area contributed by atoms with E-state index in [2.05, 4.69) is 4.72 Å². The average Bonchev–Trinajstić information content (AvgIpc) is 2.72. The first kappa shape index (κ1) is 20.1. The number of hydrogen-bond donors (Lipinski definition) is 1. The summed E-state index contributed by atoms with van der Waals surface area (Å²) in [5, 5.41) is 0.497. The van der Waals surface area contributed by atoms with Crippen molar-refractivity contribution >= 4 is 27.6 Å². The molecule has 7 heteroatoms. The topological polar surface area (TPSA) is 72.5 Å². The van der Waals surface area contributed by atoms with Gasteiger partial charge in [0, 0.05) is 17.1 Å². The molecule has 1 N–H and O–H groups in total. The molecule has 0 spiro atoms. The van der Waals surface area contributed by atoms with Crippen LogP contribution in [0.4, 0.5) is 0 Å². The summed E-state index contributed by atoms with van der Waals surface area (Å²) in [5.74, 6) is -0.625. The normalized spacial score (nSPS) is 11.2. The lowest BCUT2D eigenvalue weighted by Crippen LogP contribution is -2.23. The van der Waals surface area contributed by atoms with E-state index in [0.29, 0.717) is 10.6 Å². The minimum atomic E-state index is -3.77. The fraction of sp³-hybridized carbons (Fsp3) is 0.0952. The lowest BCUT2D eigenvalue weighted by molar-refractivity contribution is 0.0472.